The van der Waals surface area contributed by atoms with E-state index in [2.05, 4.69) is 4.98 Å². The van der Waals surface area contributed by atoms with Crippen LogP contribution in [0.15, 0.2) is 72.1 Å². The molecule has 1 aliphatic rings. The van der Waals surface area contributed by atoms with Gasteiger partial charge < -0.3 is 4.90 Å². The van der Waals surface area contributed by atoms with Crippen molar-refractivity contribution in [3.05, 3.63) is 106 Å². The monoisotopic (exact) mass is 522 g/mol. The first-order valence-electron chi connectivity index (χ1n) is 12.2. The Balaban J connectivity index is 1.58. The molecule has 0 N–H and O–H groups in total. The number of allylic oxidation sites excluding steroid dienone is 2. The number of aromatic nitrogens is 3. The average Bonchev–Trinajstić information content (AvgIpc) is 3.23. The minimum absolute atomic E-state index is 0.0890. The lowest BCUT2D eigenvalue weighted by Gasteiger charge is -2.29. The van der Waals surface area contributed by atoms with E-state index in [4.69, 9.17) is 5.10 Å². The molecule has 38 heavy (non-hydrogen) atoms. The van der Waals surface area contributed by atoms with E-state index in [1.54, 1.807) is 17.1 Å². The molecular formula is C29H26F4N4O. The quantitative estimate of drug-likeness (QED) is 0.295. The Morgan fingerprint density at radius 3 is 2.58 bits per heavy atom. The van der Waals surface area contributed by atoms with Crippen molar-refractivity contribution in [2.45, 2.75) is 38.5 Å². The SMILES string of the molecule is CC1=C(C(=O)Cc2ccc3cnccc3c2)C(c2ccc(C(F)(F)F)c(F)c2)n2nc(CN(C)C)cc2C1. The molecule has 1 unspecified atom stereocenters. The second kappa shape index (κ2) is 9.79. The number of carbonyl (C=O) groups excluding carboxylic acids is 1. The Morgan fingerprint density at radius 1 is 1.08 bits per heavy atom. The van der Waals surface area contributed by atoms with Gasteiger partial charge in [-0.3, -0.25) is 14.5 Å². The second-order valence-corrected chi connectivity index (χ2v) is 9.98. The third-order valence-corrected chi connectivity index (χ3v) is 6.75. The van der Waals surface area contributed by atoms with Crippen LogP contribution >= 0.6 is 0 Å². The molecule has 5 nitrogen and oxygen atoms in total. The van der Waals surface area contributed by atoms with Crippen LogP contribution in [0.25, 0.3) is 10.8 Å². The number of fused-ring (bicyclic) bond motifs is 2. The van der Waals surface area contributed by atoms with Gasteiger partial charge in [-0.2, -0.15) is 18.3 Å². The molecule has 0 radical (unpaired) electrons. The zero-order chi connectivity index (χ0) is 27.2. The number of Topliss-reactive ketones (excluding diaryl/α,β-unsaturated/α-hetero) is 1. The Hall–Kier alpha value is -3.85. The highest BCUT2D eigenvalue weighted by Gasteiger charge is 2.37. The fourth-order valence-corrected chi connectivity index (χ4v) is 5.12. The van der Waals surface area contributed by atoms with Crippen LogP contribution in [-0.2, 0) is 30.4 Å². The van der Waals surface area contributed by atoms with Crippen LogP contribution in [0.2, 0.25) is 0 Å². The number of alkyl halides is 3. The van der Waals surface area contributed by atoms with Gasteiger partial charge in [-0.05, 0) is 61.8 Å². The van der Waals surface area contributed by atoms with E-state index < -0.39 is 23.6 Å². The standard InChI is InChI=1S/C29H26F4N4O/c1-17-10-23-14-22(16-36(2)3)35-37(23)28(20-6-7-24(25(30)13-20)29(31,32)33)27(17)26(38)12-18-4-5-21-15-34-9-8-19(21)11-18/h4-9,11,13-15,28H,10,12,16H2,1-3H3. The number of rotatable bonds is 6. The molecule has 196 valence electrons. The van der Waals surface area contributed by atoms with Crippen molar-refractivity contribution >= 4 is 16.6 Å². The summed E-state index contributed by atoms with van der Waals surface area (Å²) in [6.07, 6.45) is -0.840. The molecule has 9 heteroatoms. The summed E-state index contributed by atoms with van der Waals surface area (Å²) >= 11 is 0. The van der Waals surface area contributed by atoms with Gasteiger partial charge >= 0.3 is 6.18 Å². The number of carbonyl (C=O) groups is 1. The molecule has 3 heterocycles. The molecule has 5 rings (SSSR count). The molecule has 1 aliphatic heterocycles. The van der Waals surface area contributed by atoms with Crippen LogP contribution in [0.5, 0.6) is 0 Å². The van der Waals surface area contributed by atoms with E-state index in [0.29, 0.717) is 18.5 Å². The number of ketones is 1. The van der Waals surface area contributed by atoms with Crippen LogP contribution < -0.4 is 0 Å². The number of pyridine rings is 1. The van der Waals surface area contributed by atoms with E-state index in [0.717, 1.165) is 45.4 Å². The van der Waals surface area contributed by atoms with Crippen molar-refractivity contribution in [3.63, 3.8) is 0 Å². The van der Waals surface area contributed by atoms with Gasteiger partial charge in [0, 0.05) is 48.4 Å². The average molecular weight is 523 g/mol. The largest absolute Gasteiger partial charge is 0.419 e. The first kappa shape index (κ1) is 25.8. The highest BCUT2D eigenvalue weighted by Crippen LogP contribution is 2.39. The Bertz CT molecular complexity index is 1570. The lowest BCUT2D eigenvalue weighted by Crippen LogP contribution is -2.28. The van der Waals surface area contributed by atoms with Crippen molar-refractivity contribution in [3.8, 4) is 0 Å². The van der Waals surface area contributed by atoms with Crippen LogP contribution in [-0.4, -0.2) is 39.5 Å². The van der Waals surface area contributed by atoms with Gasteiger partial charge in [0.15, 0.2) is 5.78 Å². The molecule has 0 fully saturated rings. The topological polar surface area (TPSA) is 51.0 Å². The van der Waals surface area contributed by atoms with E-state index in [9.17, 15) is 22.4 Å². The van der Waals surface area contributed by atoms with E-state index >= 15 is 0 Å². The summed E-state index contributed by atoms with van der Waals surface area (Å²) in [7, 11) is 3.80. The minimum atomic E-state index is -4.82. The molecular weight excluding hydrogens is 496 g/mol. The van der Waals surface area contributed by atoms with Crippen LogP contribution in [0.4, 0.5) is 17.6 Å². The Morgan fingerprint density at radius 2 is 1.87 bits per heavy atom. The van der Waals surface area contributed by atoms with Crippen molar-refractivity contribution in [1.82, 2.24) is 19.7 Å². The molecule has 0 bridgehead atoms. The van der Waals surface area contributed by atoms with Gasteiger partial charge in [0.25, 0.3) is 0 Å². The van der Waals surface area contributed by atoms with Crippen LogP contribution in [0, 0.1) is 5.82 Å². The normalized spacial score (nSPS) is 15.8. The van der Waals surface area contributed by atoms with Gasteiger partial charge in [0.2, 0.25) is 0 Å². The maximum Gasteiger partial charge on any atom is 0.419 e. The van der Waals surface area contributed by atoms with Gasteiger partial charge in [0.1, 0.15) is 11.9 Å². The van der Waals surface area contributed by atoms with Crippen molar-refractivity contribution < 1.29 is 22.4 Å². The number of benzene rings is 2. The number of halogens is 4. The Labute approximate surface area is 217 Å². The molecule has 2 aromatic heterocycles. The summed E-state index contributed by atoms with van der Waals surface area (Å²) in [6, 6.07) is 11.5. The second-order valence-electron chi connectivity index (χ2n) is 9.98. The summed E-state index contributed by atoms with van der Waals surface area (Å²) in [5.74, 6) is -1.56. The summed E-state index contributed by atoms with van der Waals surface area (Å²) in [5, 5.41) is 6.60. The van der Waals surface area contributed by atoms with Crippen molar-refractivity contribution in [2.75, 3.05) is 14.1 Å². The van der Waals surface area contributed by atoms with E-state index in [-0.39, 0.29) is 17.8 Å². The molecule has 0 spiro atoms. The molecule has 2 aromatic carbocycles. The highest BCUT2D eigenvalue weighted by molar-refractivity contribution is 5.99. The zero-order valence-electron chi connectivity index (χ0n) is 21.2. The number of nitrogens with zero attached hydrogens (tertiary/aromatic N) is 4. The molecule has 4 aromatic rings. The summed E-state index contributed by atoms with van der Waals surface area (Å²) < 4.78 is 56.2. The van der Waals surface area contributed by atoms with Gasteiger partial charge in [0.05, 0.1) is 11.3 Å². The van der Waals surface area contributed by atoms with Crippen LogP contribution in [0.3, 0.4) is 0 Å². The van der Waals surface area contributed by atoms with Gasteiger partial charge in [-0.15, -0.1) is 0 Å². The zero-order valence-corrected chi connectivity index (χ0v) is 21.2. The Kier molecular flexibility index (Phi) is 6.65. The smallest absolute Gasteiger partial charge is 0.304 e. The first-order chi connectivity index (χ1) is 18.0. The van der Waals surface area contributed by atoms with E-state index in [1.807, 2.05) is 56.3 Å². The summed E-state index contributed by atoms with van der Waals surface area (Å²) in [4.78, 5) is 19.9. The van der Waals surface area contributed by atoms with Crippen molar-refractivity contribution in [2.24, 2.45) is 0 Å². The first-order valence-corrected chi connectivity index (χ1v) is 12.2. The third kappa shape index (κ3) is 4.98. The van der Waals surface area contributed by atoms with Gasteiger partial charge in [-0.1, -0.05) is 29.8 Å². The van der Waals surface area contributed by atoms with Crippen LogP contribution in [0.1, 0.15) is 41.0 Å². The molecule has 0 saturated carbocycles. The predicted molar refractivity (Wildman–Crippen MR) is 136 cm³/mol. The molecule has 0 saturated heterocycles. The molecule has 0 amide bonds. The molecule has 0 aliphatic carbocycles. The number of hydrogen-bond donors (Lipinski definition) is 0. The molecule has 1 atom stereocenters. The fraction of sp³-hybridized carbons (Fsp3) is 0.276. The summed E-state index contributed by atoms with van der Waals surface area (Å²) in [6.45, 7) is 2.39. The van der Waals surface area contributed by atoms with E-state index in [1.165, 1.54) is 6.07 Å². The summed E-state index contributed by atoms with van der Waals surface area (Å²) in [5.41, 5.74) is 2.48. The third-order valence-electron chi connectivity index (χ3n) is 6.75. The maximum absolute atomic E-state index is 14.7. The number of hydrogen-bond acceptors (Lipinski definition) is 4. The predicted octanol–water partition coefficient (Wildman–Crippen LogP) is 5.92. The fourth-order valence-electron chi connectivity index (χ4n) is 5.12. The highest BCUT2D eigenvalue weighted by atomic mass is 19.4. The maximum atomic E-state index is 14.7. The van der Waals surface area contributed by atoms with Gasteiger partial charge in [-0.25, -0.2) is 4.39 Å². The van der Waals surface area contributed by atoms with Crippen molar-refractivity contribution in [1.29, 1.82) is 0 Å². The lowest BCUT2D eigenvalue weighted by molar-refractivity contribution is -0.140. The lowest BCUT2D eigenvalue weighted by atomic mass is 9.85. The minimum Gasteiger partial charge on any atom is -0.304 e.